The van der Waals surface area contributed by atoms with Crippen molar-refractivity contribution in [1.82, 2.24) is 9.88 Å². The Balaban J connectivity index is 1.36. The van der Waals surface area contributed by atoms with E-state index in [1.54, 1.807) is 0 Å². The van der Waals surface area contributed by atoms with Crippen LogP contribution in [0.2, 0.25) is 4.34 Å². The van der Waals surface area contributed by atoms with Gasteiger partial charge in [0.25, 0.3) is 0 Å². The Hall–Kier alpha value is -3.39. The summed E-state index contributed by atoms with van der Waals surface area (Å²) in [5.41, 5.74) is 5.02. The highest BCUT2D eigenvalue weighted by Crippen LogP contribution is 2.36. The van der Waals surface area contributed by atoms with Gasteiger partial charge in [0.05, 0.1) is 6.10 Å². The van der Waals surface area contributed by atoms with E-state index in [4.69, 9.17) is 11.6 Å². The molecule has 5 rings (SSSR count). The van der Waals surface area contributed by atoms with Crippen molar-refractivity contribution >= 4 is 39.8 Å². The Kier molecular flexibility index (Phi) is 9.37. The van der Waals surface area contributed by atoms with Crippen LogP contribution in [0.25, 0.3) is 11.3 Å². The lowest BCUT2D eigenvalue weighted by atomic mass is 9.87. The molecule has 0 bridgehead atoms. The van der Waals surface area contributed by atoms with Crippen LogP contribution in [-0.2, 0) is 0 Å². The van der Waals surface area contributed by atoms with Crippen molar-refractivity contribution in [3.05, 3.63) is 100 Å². The highest BCUT2D eigenvalue weighted by atomic mass is 35.5. The van der Waals surface area contributed by atoms with Crippen molar-refractivity contribution in [2.75, 3.05) is 24.2 Å². The van der Waals surface area contributed by atoms with E-state index in [0.29, 0.717) is 34.5 Å². The first-order chi connectivity index (χ1) is 19.5. The average Bonchev–Trinajstić information content (AvgIpc) is 3.36. The van der Waals surface area contributed by atoms with Crippen LogP contribution in [-0.4, -0.2) is 46.8 Å². The van der Waals surface area contributed by atoms with Crippen molar-refractivity contribution in [3.63, 3.8) is 0 Å². The lowest BCUT2D eigenvalue weighted by Gasteiger charge is -2.36. The fourth-order valence-corrected chi connectivity index (χ4v) is 6.55. The van der Waals surface area contributed by atoms with Gasteiger partial charge in [-0.15, -0.1) is 0 Å². The third-order valence-electron chi connectivity index (χ3n) is 7.68. The van der Waals surface area contributed by atoms with E-state index in [2.05, 4.69) is 64.1 Å². The van der Waals surface area contributed by atoms with Crippen LogP contribution >= 0.6 is 22.9 Å². The Bertz CT molecular complexity index is 1330. The molecule has 208 valence electrons. The molecule has 1 aliphatic rings. The molecule has 2 amide bonds. The normalized spacial score (nSPS) is 17.0. The lowest BCUT2D eigenvalue weighted by Crippen LogP contribution is -2.46. The number of nitrogens with one attached hydrogen (secondary N) is 2. The molecule has 1 aliphatic carbocycles. The number of urea groups is 1. The van der Waals surface area contributed by atoms with Crippen molar-refractivity contribution in [2.45, 2.75) is 50.2 Å². The molecule has 0 unspecified atom stereocenters. The quantitative estimate of drug-likeness (QED) is 0.190. The molecule has 0 radical (unpaired) electrons. The van der Waals surface area contributed by atoms with Crippen LogP contribution in [0, 0.1) is 0 Å². The van der Waals surface area contributed by atoms with Gasteiger partial charge < -0.3 is 15.3 Å². The third-order valence-corrected chi connectivity index (χ3v) is 8.85. The Morgan fingerprint density at radius 1 is 0.975 bits per heavy atom. The van der Waals surface area contributed by atoms with Crippen LogP contribution in [0.4, 0.5) is 15.6 Å². The van der Waals surface area contributed by atoms with Crippen molar-refractivity contribution in [3.8, 4) is 11.3 Å². The van der Waals surface area contributed by atoms with Crippen molar-refractivity contribution in [1.29, 1.82) is 0 Å². The molecule has 8 heteroatoms. The summed E-state index contributed by atoms with van der Waals surface area (Å²) in [6, 6.07) is 28.7. The number of hydrogen-bond donors (Lipinski definition) is 3. The van der Waals surface area contributed by atoms with E-state index in [-0.39, 0.29) is 24.1 Å². The SMILES string of the molecule is CNc1ccc(-c2nc(NC(=O)N(CCC(c3ccccc3)c3ccccc3)[C@H]3CC[C@H](O)CC3)sc2Cl)cc1. The zero-order valence-corrected chi connectivity index (χ0v) is 24.2. The van der Waals surface area contributed by atoms with Gasteiger partial charge in [-0.05, 0) is 55.4 Å². The maximum Gasteiger partial charge on any atom is 0.323 e. The molecule has 1 aromatic heterocycles. The number of hydrogen-bond acceptors (Lipinski definition) is 5. The molecule has 1 fully saturated rings. The maximum atomic E-state index is 13.8. The molecule has 1 heterocycles. The molecule has 3 N–H and O–H groups in total. The van der Waals surface area contributed by atoms with Gasteiger partial charge >= 0.3 is 6.03 Å². The Labute approximate surface area is 245 Å². The zero-order valence-electron chi connectivity index (χ0n) is 22.6. The van der Waals surface area contributed by atoms with Gasteiger partial charge in [-0.1, -0.05) is 95.7 Å². The van der Waals surface area contributed by atoms with Crippen LogP contribution in [0.15, 0.2) is 84.9 Å². The number of thiazole rings is 1. The average molecular weight is 575 g/mol. The molecule has 0 saturated heterocycles. The Morgan fingerprint density at radius 3 is 2.15 bits per heavy atom. The number of carbonyl (C=O) groups excluding carboxylic acids is 1. The number of benzene rings is 3. The van der Waals surface area contributed by atoms with Gasteiger partial charge in [0.2, 0.25) is 0 Å². The summed E-state index contributed by atoms with van der Waals surface area (Å²) in [6.45, 7) is 0.582. The van der Waals surface area contributed by atoms with Crippen LogP contribution in [0.5, 0.6) is 0 Å². The number of anilines is 2. The number of carbonyl (C=O) groups is 1. The second-order valence-electron chi connectivity index (χ2n) is 10.2. The summed E-state index contributed by atoms with van der Waals surface area (Å²) in [6.07, 6.45) is 3.44. The van der Waals surface area contributed by atoms with E-state index >= 15 is 0 Å². The molecule has 0 spiro atoms. The Morgan fingerprint density at radius 2 is 1.57 bits per heavy atom. The van der Waals surface area contributed by atoms with E-state index in [1.165, 1.54) is 22.5 Å². The van der Waals surface area contributed by atoms with Gasteiger partial charge in [0, 0.05) is 36.8 Å². The molecule has 0 aliphatic heterocycles. The monoisotopic (exact) mass is 574 g/mol. The number of aliphatic hydroxyl groups excluding tert-OH is 1. The topological polar surface area (TPSA) is 77.5 Å². The molecule has 4 aromatic rings. The fraction of sp³-hybridized carbons (Fsp3) is 0.312. The van der Waals surface area contributed by atoms with Crippen LogP contribution < -0.4 is 10.6 Å². The van der Waals surface area contributed by atoms with Gasteiger partial charge in [-0.2, -0.15) is 0 Å². The van der Waals surface area contributed by atoms with Gasteiger partial charge in [-0.25, -0.2) is 9.78 Å². The second-order valence-corrected chi connectivity index (χ2v) is 11.8. The third kappa shape index (κ3) is 6.84. The number of aromatic nitrogens is 1. The lowest BCUT2D eigenvalue weighted by molar-refractivity contribution is 0.0864. The number of nitrogens with zero attached hydrogens (tertiary/aromatic N) is 2. The molecular formula is C32H35ClN4O2S. The predicted octanol–water partition coefficient (Wildman–Crippen LogP) is 7.86. The summed E-state index contributed by atoms with van der Waals surface area (Å²) in [7, 11) is 1.87. The van der Waals surface area contributed by atoms with E-state index in [0.717, 1.165) is 30.5 Å². The zero-order chi connectivity index (χ0) is 27.9. The van der Waals surface area contributed by atoms with Gasteiger partial charge in [-0.3, -0.25) is 5.32 Å². The number of amides is 2. The van der Waals surface area contributed by atoms with Crippen molar-refractivity contribution < 1.29 is 9.90 Å². The number of aliphatic hydroxyl groups is 1. The van der Waals surface area contributed by atoms with E-state index in [9.17, 15) is 9.90 Å². The highest BCUT2D eigenvalue weighted by Gasteiger charge is 2.30. The smallest absolute Gasteiger partial charge is 0.323 e. The summed E-state index contributed by atoms with van der Waals surface area (Å²) >= 11 is 7.84. The first-order valence-electron chi connectivity index (χ1n) is 13.8. The summed E-state index contributed by atoms with van der Waals surface area (Å²) in [4.78, 5) is 20.4. The minimum absolute atomic E-state index is 0.0552. The molecule has 3 aromatic carbocycles. The van der Waals surface area contributed by atoms with E-state index in [1.807, 2.05) is 48.3 Å². The van der Waals surface area contributed by atoms with Crippen LogP contribution in [0.1, 0.15) is 49.1 Å². The minimum Gasteiger partial charge on any atom is -0.393 e. The highest BCUT2D eigenvalue weighted by molar-refractivity contribution is 7.20. The summed E-state index contributed by atoms with van der Waals surface area (Å²) < 4.78 is 0.535. The predicted molar refractivity (Wildman–Crippen MR) is 165 cm³/mol. The summed E-state index contributed by atoms with van der Waals surface area (Å²) in [5, 5.41) is 16.8. The minimum atomic E-state index is -0.294. The summed E-state index contributed by atoms with van der Waals surface area (Å²) in [5.74, 6) is 0.161. The van der Waals surface area contributed by atoms with Crippen LogP contribution in [0.3, 0.4) is 0 Å². The second kappa shape index (κ2) is 13.3. The first-order valence-corrected chi connectivity index (χ1v) is 15.0. The largest absolute Gasteiger partial charge is 0.393 e. The molecule has 6 nitrogen and oxygen atoms in total. The number of halogens is 1. The van der Waals surface area contributed by atoms with Gasteiger partial charge in [0.15, 0.2) is 5.13 Å². The molecule has 40 heavy (non-hydrogen) atoms. The van der Waals surface area contributed by atoms with E-state index < -0.39 is 0 Å². The molecular weight excluding hydrogens is 540 g/mol. The number of rotatable bonds is 9. The molecule has 0 atom stereocenters. The van der Waals surface area contributed by atoms with Gasteiger partial charge in [0.1, 0.15) is 10.0 Å². The molecule has 1 saturated carbocycles. The standard InChI is InChI=1S/C32H35ClN4O2S/c1-34-25-14-12-24(13-15-25)29-30(33)40-31(35-29)36-32(39)37(26-16-18-27(38)19-17-26)21-20-28(22-8-4-2-5-9-22)23-10-6-3-7-11-23/h2-15,26-28,34,38H,16-21H2,1H3,(H,35,36,39)/t26-,27-. The fourth-order valence-electron chi connectivity index (χ4n) is 5.48. The first kappa shape index (κ1) is 28.1. The van der Waals surface area contributed by atoms with Crippen molar-refractivity contribution in [2.24, 2.45) is 0 Å². The maximum absolute atomic E-state index is 13.8.